The van der Waals surface area contributed by atoms with Crippen LogP contribution in [0.25, 0.3) is 11.1 Å². The summed E-state index contributed by atoms with van der Waals surface area (Å²) in [6, 6.07) is 12.7. The van der Waals surface area contributed by atoms with E-state index in [0.29, 0.717) is 0 Å². The van der Waals surface area contributed by atoms with E-state index >= 15 is 0 Å². The normalized spacial score (nSPS) is 15.5. The van der Waals surface area contributed by atoms with Crippen LogP contribution in [-0.2, 0) is 4.74 Å². The lowest BCUT2D eigenvalue weighted by Gasteiger charge is -2.28. The van der Waals surface area contributed by atoms with Gasteiger partial charge in [0.1, 0.15) is 5.82 Å². The molecule has 0 spiro atoms. The highest BCUT2D eigenvalue weighted by Crippen LogP contribution is 2.25. The highest BCUT2D eigenvalue weighted by molar-refractivity contribution is 5.69. The minimum atomic E-state index is 0.788. The quantitative estimate of drug-likeness (QED) is 0.824. The van der Waals surface area contributed by atoms with E-state index < -0.39 is 0 Å². The van der Waals surface area contributed by atoms with E-state index in [2.05, 4.69) is 53.2 Å². The summed E-state index contributed by atoms with van der Waals surface area (Å²) in [4.78, 5) is 6.77. The Balaban J connectivity index is 1.93. The molecule has 1 aromatic carbocycles. The molecular weight excluding hydrogens is 236 g/mol. The molecule has 0 unspecified atom stereocenters. The third-order valence-electron chi connectivity index (χ3n) is 3.54. The number of morpholine rings is 1. The van der Waals surface area contributed by atoms with Crippen LogP contribution < -0.4 is 4.90 Å². The minimum absolute atomic E-state index is 0.788. The van der Waals surface area contributed by atoms with Gasteiger partial charge in [-0.05, 0) is 35.7 Å². The van der Waals surface area contributed by atoms with Gasteiger partial charge in [0.05, 0.1) is 13.2 Å². The fraction of sp³-hybridized carbons (Fsp3) is 0.312. The average Bonchev–Trinajstić information content (AvgIpc) is 2.49. The molecule has 1 aromatic heterocycles. The Kier molecular flexibility index (Phi) is 3.47. The summed E-state index contributed by atoms with van der Waals surface area (Å²) < 4.78 is 5.39. The van der Waals surface area contributed by atoms with E-state index in [9.17, 15) is 0 Å². The fourth-order valence-electron chi connectivity index (χ4n) is 2.45. The van der Waals surface area contributed by atoms with Crippen LogP contribution in [0.2, 0.25) is 0 Å². The van der Waals surface area contributed by atoms with Gasteiger partial charge >= 0.3 is 0 Å². The van der Waals surface area contributed by atoms with E-state index in [1.807, 2.05) is 6.20 Å². The van der Waals surface area contributed by atoms with Gasteiger partial charge in [-0.1, -0.05) is 24.3 Å². The Morgan fingerprint density at radius 1 is 1.11 bits per heavy atom. The molecule has 1 aliphatic heterocycles. The van der Waals surface area contributed by atoms with Crippen molar-refractivity contribution in [2.24, 2.45) is 0 Å². The Hall–Kier alpha value is -1.87. The summed E-state index contributed by atoms with van der Waals surface area (Å²) in [5.41, 5.74) is 3.80. The van der Waals surface area contributed by atoms with E-state index in [4.69, 9.17) is 4.74 Å². The van der Waals surface area contributed by atoms with Gasteiger partial charge in [-0.15, -0.1) is 0 Å². The van der Waals surface area contributed by atoms with Gasteiger partial charge in [-0.3, -0.25) is 0 Å². The molecule has 0 amide bonds. The van der Waals surface area contributed by atoms with Crippen molar-refractivity contribution in [3.63, 3.8) is 0 Å². The third kappa shape index (κ3) is 2.61. The number of aromatic nitrogens is 1. The van der Waals surface area contributed by atoms with Gasteiger partial charge in [0, 0.05) is 19.3 Å². The zero-order valence-corrected chi connectivity index (χ0v) is 11.2. The predicted molar refractivity (Wildman–Crippen MR) is 77.4 cm³/mol. The first-order chi connectivity index (χ1) is 9.34. The molecule has 0 atom stereocenters. The number of anilines is 1. The molecule has 3 heteroatoms. The Labute approximate surface area is 113 Å². The zero-order valence-electron chi connectivity index (χ0n) is 11.2. The van der Waals surface area contributed by atoms with Crippen molar-refractivity contribution in [3.05, 3.63) is 48.2 Å². The number of aryl methyl sites for hydroxylation is 1. The summed E-state index contributed by atoms with van der Waals surface area (Å²) in [6.07, 6.45) is 1.90. The molecule has 1 saturated heterocycles. The second-order valence-corrected chi connectivity index (χ2v) is 4.82. The Bertz CT molecular complexity index is 562. The summed E-state index contributed by atoms with van der Waals surface area (Å²) >= 11 is 0. The first-order valence-corrected chi connectivity index (χ1v) is 6.69. The predicted octanol–water partition coefficient (Wildman–Crippen LogP) is 2.89. The van der Waals surface area contributed by atoms with Crippen LogP contribution in [-0.4, -0.2) is 31.3 Å². The van der Waals surface area contributed by atoms with Crippen molar-refractivity contribution >= 4 is 5.82 Å². The number of hydrogen-bond donors (Lipinski definition) is 0. The Morgan fingerprint density at radius 2 is 1.89 bits per heavy atom. The summed E-state index contributed by atoms with van der Waals surface area (Å²) in [5.74, 6) is 1.05. The molecule has 2 heterocycles. The molecule has 3 nitrogen and oxygen atoms in total. The molecule has 98 valence electrons. The first-order valence-electron chi connectivity index (χ1n) is 6.69. The maximum Gasteiger partial charge on any atom is 0.129 e. The third-order valence-corrected chi connectivity index (χ3v) is 3.54. The van der Waals surface area contributed by atoms with Gasteiger partial charge in [-0.25, -0.2) is 4.98 Å². The van der Waals surface area contributed by atoms with Gasteiger partial charge in [0.2, 0.25) is 0 Å². The lowest BCUT2D eigenvalue weighted by Crippen LogP contribution is -2.36. The summed E-state index contributed by atoms with van der Waals surface area (Å²) in [6.45, 7) is 5.56. The zero-order chi connectivity index (χ0) is 13.1. The lowest BCUT2D eigenvalue weighted by atomic mass is 10.0. The van der Waals surface area contributed by atoms with Crippen molar-refractivity contribution in [1.29, 1.82) is 0 Å². The van der Waals surface area contributed by atoms with Crippen molar-refractivity contribution in [1.82, 2.24) is 4.98 Å². The molecule has 0 radical (unpaired) electrons. The maximum absolute atomic E-state index is 5.39. The average molecular weight is 254 g/mol. The van der Waals surface area contributed by atoms with Crippen LogP contribution in [0.1, 0.15) is 5.56 Å². The lowest BCUT2D eigenvalue weighted by molar-refractivity contribution is 0.122. The molecule has 2 aromatic rings. The van der Waals surface area contributed by atoms with Crippen molar-refractivity contribution in [2.45, 2.75) is 6.92 Å². The van der Waals surface area contributed by atoms with E-state index in [0.717, 1.165) is 32.1 Å². The van der Waals surface area contributed by atoms with Gasteiger partial charge in [-0.2, -0.15) is 0 Å². The molecule has 0 bridgehead atoms. The molecule has 1 aliphatic rings. The largest absolute Gasteiger partial charge is 0.378 e. The Morgan fingerprint density at radius 3 is 2.68 bits per heavy atom. The van der Waals surface area contributed by atoms with Crippen LogP contribution >= 0.6 is 0 Å². The minimum Gasteiger partial charge on any atom is -0.378 e. The number of nitrogens with zero attached hydrogens (tertiary/aromatic N) is 2. The monoisotopic (exact) mass is 254 g/mol. The standard InChI is InChI=1S/C16H18N2O/c1-13-4-2-3-5-15(13)14-6-7-17-16(12-14)18-8-10-19-11-9-18/h2-7,12H,8-11H2,1H3. The van der Waals surface area contributed by atoms with Gasteiger partial charge in [0.25, 0.3) is 0 Å². The van der Waals surface area contributed by atoms with E-state index in [-0.39, 0.29) is 0 Å². The smallest absolute Gasteiger partial charge is 0.129 e. The molecule has 3 rings (SSSR count). The van der Waals surface area contributed by atoms with Gasteiger partial charge in [0.15, 0.2) is 0 Å². The summed E-state index contributed by atoms with van der Waals surface area (Å²) in [5, 5.41) is 0. The first kappa shape index (κ1) is 12.2. The van der Waals surface area contributed by atoms with Crippen molar-refractivity contribution in [3.8, 4) is 11.1 Å². The molecule has 0 aliphatic carbocycles. The molecule has 0 N–H and O–H groups in total. The van der Waals surface area contributed by atoms with Crippen LogP contribution in [0.4, 0.5) is 5.82 Å². The van der Waals surface area contributed by atoms with E-state index in [1.165, 1.54) is 16.7 Å². The SMILES string of the molecule is Cc1ccccc1-c1ccnc(N2CCOCC2)c1. The highest BCUT2D eigenvalue weighted by atomic mass is 16.5. The second-order valence-electron chi connectivity index (χ2n) is 4.82. The fourth-order valence-corrected chi connectivity index (χ4v) is 2.45. The number of rotatable bonds is 2. The molecule has 1 fully saturated rings. The second kappa shape index (κ2) is 5.41. The molecular formula is C16H18N2O. The van der Waals surface area contributed by atoms with Crippen LogP contribution in [0.5, 0.6) is 0 Å². The van der Waals surface area contributed by atoms with E-state index in [1.54, 1.807) is 0 Å². The van der Waals surface area contributed by atoms with Crippen LogP contribution in [0.15, 0.2) is 42.6 Å². The summed E-state index contributed by atoms with van der Waals surface area (Å²) in [7, 11) is 0. The topological polar surface area (TPSA) is 25.4 Å². The van der Waals surface area contributed by atoms with Crippen molar-refractivity contribution < 1.29 is 4.74 Å². The van der Waals surface area contributed by atoms with Crippen LogP contribution in [0.3, 0.4) is 0 Å². The van der Waals surface area contributed by atoms with Crippen LogP contribution in [0, 0.1) is 6.92 Å². The van der Waals surface area contributed by atoms with Gasteiger partial charge < -0.3 is 9.64 Å². The highest BCUT2D eigenvalue weighted by Gasteiger charge is 2.13. The number of pyridine rings is 1. The number of hydrogen-bond acceptors (Lipinski definition) is 3. The molecule has 0 saturated carbocycles. The van der Waals surface area contributed by atoms with Crippen molar-refractivity contribution in [2.75, 3.05) is 31.2 Å². The maximum atomic E-state index is 5.39. The number of ether oxygens (including phenoxy) is 1. The number of benzene rings is 1. The molecule has 19 heavy (non-hydrogen) atoms.